The molecule has 2 aromatic rings. The predicted molar refractivity (Wildman–Crippen MR) is 86.8 cm³/mol. The van der Waals surface area contributed by atoms with E-state index in [0.29, 0.717) is 0 Å². The molecular weight excluding hydrogens is 440 g/mol. The first-order valence-electron chi connectivity index (χ1n) is 7.37. The van der Waals surface area contributed by atoms with Gasteiger partial charge in [0.2, 0.25) is 0 Å². The van der Waals surface area contributed by atoms with E-state index in [-0.39, 0.29) is 5.30 Å². The van der Waals surface area contributed by atoms with Gasteiger partial charge in [-0.1, -0.05) is 48.5 Å². The first kappa shape index (κ1) is 22.7. The van der Waals surface area contributed by atoms with Crippen LogP contribution in [-0.2, 0) is 13.8 Å². The Morgan fingerprint density at radius 2 is 1.29 bits per heavy atom. The highest BCUT2D eigenvalue weighted by molar-refractivity contribution is 7.91. The van der Waals surface area contributed by atoms with Crippen molar-refractivity contribution in [2.45, 2.75) is 24.5 Å². The molecule has 3 nitrogen and oxygen atoms in total. The molecule has 0 aliphatic heterocycles. The number of halogens is 8. The third-order valence-electron chi connectivity index (χ3n) is 3.37. The molecule has 0 amide bonds. The van der Waals surface area contributed by atoms with E-state index in [1.54, 1.807) is 0 Å². The van der Waals surface area contributed by atoms with Gasteiger partial charge in [-0.15, -0.1) is 13.2 Å². The van der Waals surface area contributed by atoms with E-state index >= 15 is 0 Å². The van der Waals surface area contributed by atoms with Crippen LogP contribution in [0.2, 0.25) is 0 Å². The smallest absolute Gasteiger partial charge is 0.299 e. The van der Waals surface area contributed by atoms with Crippen molar-refractivity contribution < 1.29 is 44.6 Å². The summed E-state index contributed by atoms with van der Waals surface area (Å²) < 4.78 is 112. The second kappa shape index (κ2) is 8.02. The van der Waals surface area contributed by atoms with E-state index in [4.69, 9.17) is 11.2 Å². The Bertz CT molecular complexity index is 831. The summed E-state index contributed by atoms with van der Waals surface area (Å²) in [6.45, 7) is -4.66. The minimum absolute atomic E-state index is 0.312. The van der Waals surface area contributed by atoms with Gasteiger partial charge < -0.3 is 0 Å². The number of ether oxygens (including phenoxy) is 1. The summed E-state index contributed by atoms with van der Waals surface area (Å²) in [7, 11) is 0. The standard InChI is InChI=1S/C16H11ClF7O3P/c17-28(25,12-9-5-2-6-10-12)26-13(11-7-3-1-4-8-11)14(18,19)15(20,21)27-16(22,23)24/h1-10,13H. The Morgan fingerprint density at radius 1 is 0.821 bits per heavy atom. The topological polar surface area (TPSA) is 35.5 Å². The van der Waals surface area contributed by atoms with Crippen LogP contribution >= 0.6 is 18.0 Å². The number of benzene rings is 2. The van der Waals surface area contributed by atoms with Crippen LogP contribution in [-0.4, -0.2) is 18.4 Å². The van der Waals surface area contributed by atoms with Crippen molar-refractivity contribution in [1.29, 1.82) is 0 Å². The minimum atomic E-state index is -6.07. The summed E-state index contributed by atoms with van der Waals surface area (Å²) in [5, 5.41) is -0.312. The van der Waals surface area contributed by atoms with E-state index in [2.05, 4.69) is 9.26 Å². The maximum atomic E-state index is 14.4. The Labute approximate surface area is 159 Å². The molecule has 0 radical (unpaired) electrons. The Kier molecular flexibility index (Phi) is 6.50. The summed E-state index contributed by atoms with van der Waals surface area (Å²) >= 11 is 5.69. The number of alkyl halides is 7. The van der Waals surface area contributed by atoms with Crippen LogP contribution < -0.4 is 5.30 Å². The number of hydrogen-bond acceptors (Lipinski definition) is 3. The summed E-state index contributed by atoms with van der Waals surface area (Å²) in [6, 6.07) is 11.7. The average molecular weight is 451 g/mol. The lowest BCUT2D eigenvalue weighted by Crippen LogP contribution is -2.50. The van der Waals surface area contributed by atoms with E-state index in [9.17, 15) is 35.3 Å². The molecule has 0 spiro atoms. The zero-order chi connectivity index (χ0) is 21.2. The lowest BCUT2D eigenvalue weighted by atomic mass is 10.0. The van der Waals surface area contributed by atoms with Gasteiger partial charge in [0.1, 0.15) is 0 Å². The van der Waals surface area contributed by atoms with Crippen molar-refractivity contribution in [3.63, 3.8) is 0 Å². The third kappa shape index (κ3) is 5.26. The zero-order valence-electron chi connectivity index (χ0n) is 13.5. The third-order valence-corrected chi connectivity index (χ3v) is 5.59. The molecule has 0 fully saturated rings. The van der Waals surface area contributed by atoms with Crippen LogP contribution in [0.15, 0.2) is 60.7 Å². The van der Waals surface area contributed by atoms with Crippen LogP contribution in [0.3, 0.4) is 0 Å². The van der Waals surface area contributed by atoms with Crippen LogP contribution in [0.25, 0.3) is 0 Å². The minimum Gasteiger partial charge on any atom is -0.299 e. The molecule has 0 N–H and O–H groups in total. The van der Waals surface area contributed by atoms with Gasteiger partial charge in [-0.3, -0.25) is 9.09 Å². The van der Waals surface area contributed by atoms with Crippen LogP contribution in [0, 0.1) is 0 Å². The fourth-order valence-electron chi connectivity index (χ4n) is 2.13. The molecule has 0 aromatic heterocycles. The molecule has 0 bridgehead atoms. The van der Waals surface area contributed by atoms with Gasteiger partial charge in [0.15, 0.2) is 6.10 Å². The lowest BCUT2D eigenvalue weighted by molar-refractivity contribution is -0.473. The maximum Gasteiger partial charge on any atom is 0.527 e. The van der Waals surface area contributed by atoms with Gasteiger partial charge >= 0.3 is 25.1 Å². The second-order valence-corrected chi connectivity index (χ2v) is 8.42. The molecule has 0 aliphatic rings. The normalized spacial score (nSPS) is 16.4. The van der Waals surface area contributed by atoms with Crippen molar-refractivity contribution >= 4 is 23.3 Å². The van der Waals surface area contributed by atoms with Gasteiger partial charge in [-0.2, -0.15) is 17.6 Å². The average Bonchev–Trinajstić information content (AvgIpc) is 2.59. The predicted octanol–water partition coefficient (Wildman–Crippen LogP) is 6.27. The van der Waals surface area contributed by atoms with Gasteiger partial charge in [-0.05, 0) is 28.9 Å². The summed E-state index contributed by atoms with van der Waals surface area (Å²) in [6.07, 6.45) is -15.2. The zero-order valence-corrected chi connectivity index (χ0v) is 15.2. The molecule has 2 atom stereocenters. The fraction of sp³-hybridized carbons (Fsp3) is 0.250. The number of hydrogen-bond donors (Lipinski definition) is 0. The maximum absolute atomic E-state index is 14.4. The highest BCUT2D eigenvalue weighted by Crippen LogP contribution is 2.59. The largest absolute Gasteiger partial charge is 0.527 e. The molecule has 12 heteroatoms. The molecule has 154 valence electrons. The van der Waals surface area contributed by atoms with Gasteiger partial charge in [0.25, 0.3) is 0 Å². The first-order valence-corrected chi connectivity index (χ1v) is 9.90. The first-order chi connectivity index (χ1) is 12.8. The fourth-order valence-corrected chi connectivity index (χ4v) is 3.89. The van der Waals surface area contributed by atoms with E-state index in [0.717, 1.165) is 36.4 Å². The van der Waals surface area contributed by atoms with E-state index < -0.39 is 36.8 Å². The summed E-state index contributed by atoms with van der Waals surface area (Å²) in [5.41, 5.74) is -0.685. The molecule has 2 unspecified atom stereocenters. The quantitative estimate of drug-likeness (QED) is 0.369. The second-order valence-electron chi connectivity index (χ2n) is 5.40. The number of rotatable bonds is 7. The van der Waals surface area contributed by atoms with E-state index in [1.165, 1.54) is 24.3 Å². The van der Waals surface area contributed by atoms with Gasteiger partial charge in [0, 0.05) is 0 Å². The molecule has 28 heavy (non-hydrogen) atoms. The Balaban J connectivity index is 2.50. The van der Waals surface area contributed by atoms with Gasteiger partial charge in [0.05, 0.1) is 5.30 Å². The Morgan fingerprint density at radius 3 is 1.75 bits per heavy atom. The van der Waals surface area contributed by atoms with Crippen molar-refractivity contribution in [2.75, 3.05) is 0 Å². The van der Waals surface area contributed by atoms with Crippen molar-refractivity contribution in [3.05, 3.63) is 66.2 Å². The van der Waals surface area contributed by atoms with E-state index in [1.807, 2.05) is 0 Å². The SMILES string of the molecule is O=P(Cl)(OC(c1ccccc1)C(F)(F)C(F)(F)OC(F)(F)F)c1ccccc1. The van der Waals surface area contributed by atoms with Gasteiger partial charge in [-0.25, -0.2) is 4.74 Å². The van der Waals surface area contributed by atoms with Crippen molar-refractivity contribution in [3.8, 4) is 0 Å². The molecule has 2 aromatic carbocycles. The van der Waals surface area contributed by atoms with Crippen molar-refractivity contribution in [2.24, 2.45) is 0 Å². The molecule has 2 rings (SSSR count). The van der Waals surface area contributed by atoms with Crippen LogP contribution in [0.4, 0.5) is 30.7 Å². The molecule has 0 aliphatic carbocycles. The molecule has 0 saturated carbocycles. The molecule has 0 heterocycles. The highest BCUT2D eigenvalue weighted by Gasteiger charge is 2.68. The van der Waals surface area contributed by atoms with Crippen molar-refractivity contribution in [1.82, 2.24) is 0 Å². The van der Waals surface area contributed by atoms with Crippen LogP contribution in [0.5, 0.6) is 0 Å². The van der Waals surface area contributed by atoms with Crippen LogP contribution in [0.1, 0.15) is 11.7 Å². The molecule has 0 saturated heterocycles. The molecular formula is C16H11ClF7O3P. The monoisotopic (exact) mass is 450 g/mol. The summed E-state index contributed by atoms with van der Waals surface area (Å²) in [5.74, 6) is -5.59. The lowest BCUT2D eigenvalue weighted by Gasteiger charge is -2.33. The summed E-state index contributed by atoms with van der Waals surface area (Å²) in [4.78, 5) is 0. The highest BCUT2D eigenvalue weighted by atomic mass is 35.7. The Hall–Kier alpha value is -1.61.